The molecule has 1 unspecified atom stereocenters. The topological polar surface area (TPSA) is 52.3 Å². The first-order valence-electron chi connectivity index (χ1n) is 5.44. The van der Waals surface area contributed by atoms with Crippen molar-refractivity contribution in [2.45, 2.75) is 45.1 Å². The molecule has 0 aliphatic heterocycles. The maximum absolute atomic E-state index is 10.6. The van der Waals surface area contributed by atoms with Crippen LogP contribution in [0.1, 0.15) is 39.0 Å². The number of nitrogens with two attached hydrogens (primary N) is 1. The first kappa shape index (κ1) is 13.8. The number of carbonyl (C=O) groups is 1. The van der Waals surface area contributed by atoms with Crippen molar-refractivity contribution in [1.29, 1.82) is 0 Å². The standard InChI is InChI=1S/C12H21NO2/c1-3-5-7-9-11(15-12(13)14)10-8-6-4-2/h3,5,7,11H,1,4,6,8-10H2,2H3,(H2,13,14)/b7-5+. The molecule has 0 spiro atoms. The number of carbonyl (C=O) groups excluding carboxylic acids is 1. The zero-order valence-corrected chi connectivity index (χ0v) is 9.45. The summed E-state index contributed by atoms with van der Waals surface area (Å²) in [5.74, 6) is 0. The van der Waals surface area contributed by atoms with E-state index in [0.29, 0.717) is 6.42 Å². The van der Waals surface area contributed by atoms with E-state index in [0.717, 1.165) is 25.7 Å². The molecule has 1 atom stereocenters. The third-order valence-corrected chi connectivity index (χ3v) is 2.08. The quantitative estimate of drug-likeness (QED) is 0.495. The van der Waals surface area contributed by atoms with E-state index in [9.17, 15) is 4.79 Å². The van der Waals surface area contributed by atoms with Crippen molar-refractivity contribution < 1.29 is 9.53 Å². The van der Waals surface area contributed by atoms with E-state index >= 15 is 0 Å². The van der Waals surface area contributed by atoms with Gasteiger partial charge >= 0.3 is 6.09 Å². The summed E-state index contributed by atoms with van der Waals surface area (Å²) in [6.07, 6.45) is 9.66. The second-order valence-corrected chi connectivity index (χ2v) is 3.45. The predicted octanol–water partition coefficient (Wildman–Crippen LogP) is 3.16. The summed E-state index contributed by atoms with van der Waals surface area (Å²) < 4.78 is 5.00. The summed E-state index contributed by atoms with van der Waals surface area (Å²) >= 11 is 0. The van der Waals surface area contributed by atoms with Gasteiger partial charge in [0.1, 0.15) is 6.10 Å². The number of amides is 1. The van der Waals surface area contributed by atoms with E-state index in [-0.39, 0.29) is 6.10 Å². The number of ether oxygens (including phenoxy) is 1. The lowest BCUT2D eigenvalue weighted by Gasteiger charge is -2.14. The molecule has 86 valence electrons. The minimum atomic E-state index is -0.691. The Kier molecular flexibility index (Phi) is 8.53. The monoisotopic (exact) mass is 211 g/mol. The third kappa shape index (κ3) is 9.06. The van der Waals surface area contributed by atoms with Crippen LogP contribution in [0.5, 0.6) is 0 Å². The summed E-state index contributed by atoms with van der Waals surface area (Å²) in [7, 11) is 0. The lowest BCUT2D eigenvalue weighted by Crippen LogP contribution is -2.22. The van der Waals surface area contributed by atoms with Crippen LogP contribution in [0, 0.1) is 0 Å². The minimum absolute atomic E-state index is 0.0924. The molecule has 0 aliphatic carbocycles. The van der Waals surface area contributed by atoms with E-state index in [1.807, 2.05) is 12.2 Å². The number of hydrogen-bond acceptors (Lipinski definition) is 2. The second-order valence-electron chi connectivity index (χ2n) is 3.45. The molecule has 1 amide bonds. The van der Waals surface area contributed by atoms with Crippen molar-refractivity contribution in [3.8, 4) is 0 Å². The van der Waals surface area contributed by atoms with Crippen LogP contribution in [-0.2, 0) is 4.74 Å². The van der Waals surface area contributed by atoms with Gasteiger partial charge in [-0.25, -0.2) is 4.79 Å². The molecule has 0 aliphatic rings. The summed E-state index contributed by atoms with van der Waals surface area (Å²) in [5.41, 5.74) is 5.00. The van der Waals surface area contributed by atoms with Crippen LogP contribution in [0.25, 0.3) is 0 Å². The highest BCUT2D eigenvalue weighted by Crippen LogP contribution is 2.11. The molecular weight excluding hydrogens is 190 g/mol. The Hall–Kier alpha value is -1.25. The Morgan fingerprint density at radius 2 is 2.27 bits per heavy atom. The van der Waals surface area contributed by atoms with Crippen LogP contribution in [0.15, 0.2) is 24.8 Å². The van der Waals surface area contributed by atoms with Gasteiger partial charge in [0, 0.05) is 6.42 Å². The fourth-order valence-corrected chi connectivity index (χ4v) is 1.34. The number of hydrogen-bond donors (Lipinski definition) is 1. The Morgan fingerprint density at radius 1 is 1.53 bits per heavy atom. The van der Waals surface area contributed by atoms with Gasteiger partial charge in [-0.05, 0) is 12.8 Å². The van der Waals surface area contributed by atoms with Crippen LogP contribution in [-0.4, -0.2) is 12.2 Å². The Bertz CT molecular complexity index is 212. The zero-order chi connectivity index (χ0) is 11.5. The van der Waals surface area contributed by atoms with Gasteiger partial charge < -0.3 is 10.5 Å². The molecule has 0 saturated heterocycles. The maximum Gasteiger partial charge on any atom is 0.404 e. The summed E-state index contributed by atoms with van der Waals surface area (Å²) in [4.78, 5) is 10.6. The molecule has 0 rings (SSSR count). The number of unbranched alkanes of at least 4 members (excludes halogenated alkanes) is 2. The Balaban J connectivity index is 3.88. The van der Waals surface area contributed by atoms with Crippen LogP contribution in [0.3, 0.4) is 0 Å². The highest BCUT2D eigenvalue weighted by atomic mass is 16.6. The lowest BCUT2D eigenvalue weighted by molar-refractivity contribution is 0.101. The Morgan fingerprint density at radius 3 is 2.80 bits per heavy atom. The second kappa shape index (κ2) is 9.31. The lowest BCUT2D eigenvalue weighted by atomic mass is 10.1. The van der Waals surface area contributed by atoms with Gasteiger partial charge in [0.05, 0.1) is 0 Å². The van der Waals surface area contributed by atoms with E-state index < -0.39 is 6.09 Å². The predicted molar refractivity (Wildman–Crippen MR) is 62.6 cm³/mol. The Labute approximate surface area is 92.0 Å². The number of rotatable bonds is 8. The molecular formula is C12H21NO2. The van der Waals surface area contributed by atoms with Gasteiger partial charge in [0.25, 0.3) is 0 Å². The SMILES string of the molecule is C=C/C=C/CC(CCCCC)OC(N)=O. The largest absolute Gasteiger partial charge is 0.446 e. The smallest absolute Gasteiger partial charge is 0.404 e. The van der Waals surface area contributed by atoms with E-state index in [1.165, 1.54) is 0 Å². The molecule has 0 bridgehead atoms. The normalized spacial score (nSPS) is 12.6. The highest BCUT2D eigenvalue weighted by Gasteiger charge is 2.09. The molecule has 15 heavy (non-hydrogen) atoms. The van der Waals surface area contributed by atoms with Gasteiger partial charge in [-0.2, -0.15) is 0 Å². The average Bonchev–Trinajstić information content (AvgIpc) is 2.17. The molecule has 0 aromatic rings. The third-order valence-electron chi connectivity index (χ3n) is 2.08. The van der Waals surface area contributed by atoms with E-state index in [2.05, 4.69) is 13.5 Å². The molecule has 0 saturated carbocycles. The molecule has 0 aromatic carbocycles. The number of primary amides is 1. The van der Waals surface area contributed by atoms with Gasteiger partial charge in [0.15, 0.2) is 0 Å². The summed E-state index contributed by atoms with van der Waals surface area (Å²) in [5, 5.41) is 0. The van der Waals surface area contributed by atoms with Gasteiger partial charge in [-0.15, -0.1) is 0 Å². The van der Waals surface area contributed by atoms with Crippen molar-refractivity contribution in [2.24, 2.45) is 5.73 Å². The number of allylic oxidation sites excluding steroid dienone is 2. The van der Waals surface area contributed by atoms with Crippen molar-refractivity contribution in [3.05, 3.63) is 24.8 Å². The molecule has 3 nitrogen and oxygen atoms in total. The maximum atomic E-state index is 10.6. The summed E-state index contributed by atoms with van der Waals surface area (Å²) in [6, 6.07) is 0. The molecule has 2 N–H and O–H groups in total. The zero-order valence-electron chi connectivity index (χ0n) is 9.45. The van der Waals surface area contributed by atoms with Gasteiger partial charge in [-0.3, -0.25) is 0 Å². The first-order valence-corrected chi connectivity index (χ1v) is 5.44. The molecule has 0 heterocycles. The van der Waals surface area contributed by atoms with Gasteiger partial charge in [-0.1, -0.05) is 44.6 Å². The van der Waals surface area contributed by atoms with Crippen LogP contribution in [0.4, 0.5) is 4.79 Å². The van der Waals surface area contributed by atoms with Crippen molar-refractivity contribution in [2.75, 3.05) is 0 Å². The first-order chi connectivity index (χ1) is 7.20. The van der Waals surface area contributed by atoms with Crippen molar-refractivity contribution in [1.82, 2.24) is 0 Å². The molecule has 0 radical (unpaired) electrons. The van der Waals surface area contributed by atoms with Crippen molar-refractivity contribution in [3.63, 3.8) is 0 Å². The van der Waals surface area contributed by atoms with Crippen molar-refractivity contribution >= 4 is 6.09 Å². The van der Waals surface area contributed by atoms with E-state index in [1.54, 1.807) is 6.08 Å². The van der Waals surface area contributed by atoms with Crippen LogP contribution in [0.2, 0.25) is 0 Å². The molecule has 3 heteroatoms. The van der Waals surface area contributed by atoms with Crippen LogP contribution < -0.4 is 5.73 Å². The van der Waals surface area contributed by atoms with E-state index in [4.69, 9.17) is 10.5 Å². The highest BCUT2D eigenvalue weighted by molar-refractivity contribution is 5.64. The fraction of sp³-hybridized carbons (Fsp3) is 0.583. The molecule has 0 fully saturated rings. The fourth-order valence-electron chi connectivity index (χ4n) is 1.34. The average molecular weight is 211 g/mol. The summed E-state index contributed by atoms with van der Waals surface area (Å²) in [6.45, 7) is 5.72. The minimum Gasteiger partial charge on any atom is -0.446 e. The molecule has 0 aromatic heterocycles. The van der Waals surface area contributed by atoms with Crippen LogP contribution >= 0.6 is 0 Å². The van der Waals surface area contributed by atoms with Gasteiger partial charge in [0.2, 0.25) is 0 Å².